The van der Waals surface area contributed by atoms with E-state index in [1.165, 1.54) is 12.4 Å². The number of nitriles is 1. The van der Waals surface area contributed by atoms with Crippen LogP contribution in [0, 0.1) is 17.1 Å². The molecule has 0 spiro atoms. The predicted octanol–water partition coefficient (Wildman–Crippen LogP) is 4.20. The summed E-state index contributed by atoms with van der Waals surface area (Å²) < 4.78 is 22.9. The quantitative estimate of drug-likeness (QED) is 0.257. The van der Waals surface area contributed by atoms with Gasteiger partial charge in [0.2, 0.25) is 0 Å². The third-order valence-electron chi connectivity index (χ3n) is 7.57. The van der Waals surface area contributed by atoms with Crippen molar-refractivity contribution in [2.45, 2.75) is 44.3 Å². The summed E-state index contributed by atoms with van der Waals surface area (Å²) in [5.74, 6) is 0.305. The van der Waals surface area contributed by atoms with Gasteiger partial charge in [0.1, 0.15) is 46.8 Å². The van der Waals surface area contributed by atoms with Crippen LogP contribution in [-0.2, 0) is 11.3 Å². The Morgan fingerprint density at radius 2 is 2.02 bits per heavy atom. The zero-order chi connectivity index (χ0) is 28.3. The van der Waals surface area contributed by atoms with Crippen LogP contribution < -0.4 is 15.8 Å². The maximum absolute atomic E-state index is 15.5. The second-order valence-corrected chi connectivity index (χ2v) is 10.2. The molecule has 2 saturated heterocycles. The van der Waals surface area contributed by atoms with Gasteiger partial charge in [-0.25, -0.2) is 19.0 Å². The van der Waals surface area contributed by atoms with Gasteiger partial charge >= 0.3 is 0 Å². The van der Waals surface area contributed by atoms with Crippen molar-refractivity contribution in [3.63, 3.8) is 0 Å². The maximum Gasteiger partial charge on any atom is 0.264 e. The number of para-hydroxylation sites is 1. The molecule has 0 aliphatic carbocycles. The van der Waals surface area contributed by atoms with Gasteiger partial charge in [0, 0.05) is 24.2 Å². The van der Waals surface area contributed by atoms with Crippen molar-refractivity contribution >= 4 is 22.8 Å². The van der Waals surface area contributed by atoms with Crippen LogP contribution >= 0.6 is 0 Å². The molecule has 0 radical (unpaired) electrons. The summed E-state index contributed by atoms with van der Waals surface area (Å²) in [5.41, 5.74) is 7.38. The minimum absolute atomic E-state index is 0.0336. The number of anilines is 1. The summed E-state index contributed by atoms with van der Waals surface area (Å²) in [7, 11) is 0. The summed E-state index contributed by atoms with van der Waals surface area (Å²) in [4.78, 5) is 23.7. The van der Waals surface area contributed by atoms with Crippen molar-refractivity contribution in [2.75, 3.05) is 18.8 Å². The van der Waals surface area contributed by atoms with Crippen molar-refractivity contribution in [3.05, 3.63) is 72.3 Å². The monoisotopic (exact) mass is 552 g/mol. The summed E-state index contributed by atoms with van der Waals surface area (Å²) in [6.45, 7) is 1.74. The van der Waals surface area contributed by atoms with E-state index in [1.807, 2.05) is 18.2 Å². The first-order valence-electron chi connectivity index (χ1n) is 13.7. The highest BCUT2D eigenvalue weighted by Gasteiger charge is 2.33. The van der Waals surface area contributed by atoms with Crippen LogP contribution in [0.4, 0.5) is 10.2 Å². The van der Waals surface area contributed by atoms with E-state index in [2.05, 4.69) is 21.4 Å². The molecule has 2 aromatic heterocycles. The second-order valence-electron chi connectivity index (χ2n) is 10.2. The largest absolute Gasteiger partial charge is 0.457 e. The molecule has 2 fully saturated rings. The molecule has 2 aromatic carbocycles. The van der Waals surface area contributed by atoms with Crippen LogP contribution in [0.2, 0.25) is 0 Å². The normalized spacial score (nSPS) is 19.0. The van der Waals surface area contributed by atoms with Crippen LogP contribution in [0.5, 0.6) is 11.5 Å². The van der Waals surface area contributed by atoms with Crippen molar-refractivity contribution in [3.8, 4) is 28.8 Å². The van der Waals surface area contributed by atoms with E-state index in [0.29, 0.717) is 41.3 Å². The number of fused-ring (bicyclic) bond motifs is 1. The minimum Gasteiger partial charge on any atom is -0.457 e. The number of halogens is 1. The molecule has 11 heteroatoms. The van der Waals surface area contributed by atoms with Gasteiger partial charge in [-0.3, -0.25) is 4.79 Å². The number of benzene rings is 2. The van der Waals surface area contributed by atoms with Crippen molar-refractivity contribution in [1.82, 2.24) is 30.0 Å². The molecule has 208 valence electrons. The Morgan fingerprint density at radius 3 is 2.78 bits per heavy atom. The molecule has 0 saturated carbocycles. The second kappa shape index (κ2) is 11.3. The number of nitrogens with two attached hydrogens (primary N) is 1. The molecular formula is C30H29FN8O2. The zero-order valence-corrected chi connectivity index (χ0v) is 22.3. The molecule has 2 aliphatic rings. The number of hydrogen-bond donors (Lipinski definition) is 2. The smallest absolute Gasteiger partial charge is 0.264 e. The molecule has 3 N–H and O–H groups in total. The fraction of sp³-hybridized carbons (Fsp3) is 0.300. The van der Waals surface area contributed by atoms with Crippen LogP contribution in [0.3, 0.4) is 0 Å². The average Bonchev–Trinajstić information content (AvgIpc) is 3.74. The van der Waals surface area contributed by atoms with Crippen LogP contribution in [-0.4, -0.2) is 55.7 Å². The summed E-state index contributed by atoms with van der Waals surface area (Å²) >= 11 is 0. The lowest BCUT2D eigenvalue weighted by atomic mass is 10.1. The summed E-state index contributed by atoms with van der Waals surface area (Å²) in [6.07, 6.45) is 6.55. The number of hydrogen-bond acceptors (Lipinski definition) is 8. The predicted molar refractivity (Wildman–Crippen MR) is 151 cm³/mol. The average molecular weight is 553 g/mol. The number of carbonyl (C=O) groups is 1. The SMILES string of the molecule is N#CC(=CC1CCCN1)C(=O)N1CCC[C@H]1Cn1nc(-c2ccc(Oc3ccccc3)cc2F)c2c(N)ncnc21. The standard InChI is InChI=1S/C30H29FN8O2/c31-25-15-23(41-22-8-2-1-3-9-22)10-11-24(25)27-26-28(33)35-18-36-29(26)39(37-27)17-21-7-5-13-38(21)30(40)19(16-32)14-20-6-4-12-34-20/h1-3,8-11,14-15,18,20-21,34H,4-7,12-13,17H2,(H2,33,35,36)/t20?,21-/m0/s1. The number of nitrogen functional groups attached to an aromatic ring is 1. The number of aromatic nitrogens is 4. The Bertz CT molecular complexity index is 1660. The van der Waals surface area contributed by atoms with Crippen LogP contribution in [0.25, 0.3) is 22.3 Å². The Hall–Kier alpha value is -4.82. The molecular weight excluding hydrogens is 523 g/mol. The third-order valence-corrected chi connectivity index (χ3v) is 7.57. The lowest BCUT2D eigenvalue weighted by molar-refractivity contribution is -0.127. The van der Waals surface area contributed by atoms with Gasteiger partial charge in [0.15, 0.2) is 5.65 Å². The number of carbonyl (C=O) groups excluding carboxylic acids is 1. The van der Waals surface area contributed by atoms with E-state index in [-0.39, 0.29) is 34.9 Å². The van der Waals surface area contributed by atoms with Gasteiger partial charge in [0.05, 0.1) is 18.0 Å². The highest BCUT2D eigenvalue weighted by molar-refractivity contribution is 5.99. The number of likely N-dealkylation sites (tertiary alicyclic amines) is 1. The molecule has 0 bridgehead atoms. The zero-order valence-electron chi connectivity index (χ0n) is 22.3. The third kappa shape index (κ3) is 5.34. The molecule has 4 aromatic rings. The molecule has 41 heavy (non-hydrogen) atoms. The number of nitrogens with one attached hydrogen (secondary N) is 1. The van der Waals surface area contributed by atoms with E-state index < -0.39 is 5.82 Å². The maximum atomic E-state index is 15.5. The Balaban J connectivity index is 1.30. The van der Waals surface area contributed by atoms with Crippen LogP contribution in [0.15, 0.2) is 66.5 Å². The summed E-state index contributed by atoms with van der Waals surface area (Å²) in [6, 6.07) is 15.6. The molecule has 1 unspecified atom stereocenters. The topological polar surface area (TPSA) is 135 Å². The van der Waals surface area contributed by atoms with Gasteiger partial charge in [-0.2, -0.15) is 10.4 Å². The van der Waals surface area contributed by atoms with Gasteiger partial charge in [-0.05, 0) is 62.6 Å². The Labute approximate surface area is 236 Å². The first-order valence-corrected chi connectivity index (χ1v) is 13.7. The van der Waals surface area contributed by atoms with E-state index in [4.69, 9.17) is 15.6 Å². The van der Waals surface area contributed by atoms with E-state index >= 15 is 4.39 Å². The lowest BCUT2D eigenvalue weighted by Crippen LogP contribution is -2.39. The Kier molecular flexibility index (Phi) is 7.31. The van der Waals surface area contributed by atoms with Gasteiger partial charge in [-0.15, -0.1) is 0 Å². The van der Waals surface area contributed by atoms with Gasteiger partial charge < -0.3 is 20.7 Å². The molecule has 6 rings (SSSR count). The Morgan fingerprint density at radius 1 is 1.17 bits per heavy atom. The first-order chi connectivity index (χ1) is 20.0. The molecule has 4 heterocycles. The molecule has 2 atom stereocenters. The van der Waals surface area contributed by atoms with Gasteiger partial charge in [-0.1, -0.05) is 18.2 Å². The minimum atomic E-state index is -0.532. The lowest BCUT2D eigenvalue weighted by Gasteiger charge is -2.24. The number of amides is 1. The number of nitrogens with zero attached hydrogens (tertiary/aromatic N) is 6. The first kappa shape index (κ1) is 26.4. The van der Waals surface area contributed by atoms with E-state index in [1.54, 1.807) is 39.9 Å². The van der Waals surface area contributed by atoms with Crippen molar-refractivity contribution < 1.29 is 13.9 Å². The van der Waals surface area contributed by atoms with Crippen molar-refractivity contribution in [2.24, 2.45) is 0 Å². The fourth-order valence-electron chi connectivity index (χ4n) is 5.58. The summed E-state index contributed by atoms with van der Waals surface area (Å²) in [5, 5.41) is 18.2. The van der Waals surface area contributed by atoms with Crippen LogP contribution in [0.1, 0.15) is 25.7 Å². The van der Waals surface area contributed by atoms with Crippen molar-refractivity contribution in [1.29, 1.82) is 5.26 Å². The van der Waals surface area contributed by atoms with E-state index in [0.717, 1.165) is 32.2 Å². The molecule has 1 amide bonds. The van der Waals surface area contributed by atoms with Gasteiger partial charge in [0.25, 0.3) is 5.91 Å². The number of ether oxygens (including phenoxy) is 1. The highest BCUT2D eigenvalue weighted by atomic mass is 19.1. The molecule has 10 nitrogen and oxygen atoms in total. The molecule has 2 aliphatic heterocycles. The van der Waals surface area contributed by atoms with E-state index in [9.17, 15) is 10.1 Å². The highest BCUT2D eigenvalue weighted by Crippen LogP contribution is 2.35. The fourth-order valence-corrected chi connectivity index (χ4v) is 5.58. The number of rotatable bonds is 7.